The minimum Gasteiger partial charge on any atom is -0.371 e. The van der Waals surface area contributed by atoms with E-state index >= 15 is 0 Å². The summed E-state index contributed by atoms with van der Waals surface area (Å²) in [6, 6.07) is 13.9. The second-order valence-electron chi connectivity index (χ2n) is 7.43. The Balaban J connectivity index is 1.28. The van der Waals surface area contributed by atoms with Crippen LogP contribution >= 0.6 is 11.8 Å². The smallest absolute Gasteiger partial charge is 0.253 e. The SMILES string of the molecule is Cc1ccc(C(=O)N2CC3(C[C@@H](OCc4cccc(C)n4)CS3)C2)cc1. The molecule has 0 saturated carbocycles. The standard InChI is InChI=1S/C21H24N2O2S/c1-15-6-8-17(9-7-15)20(24)23-13-21(14-23)10-19(12-26-21)25-11-18-5-3-4-16(2)22-18/h3-9,19H,10-14H2,1-2H3/t19-/m1/s1. The van der Waals surface area contributed by atoms with Gasteiger partial charge in [-0.15, -0.1) is 11.8 Å². The molecule has 0 radical (unpaired) electrons. The summed E-state index contributed by atoms with van der Waals surface area (Å²) in [5, 5.41) is 0. The Morgan fingerprint density at radius 3 is 2.73 bits per heavy atom. The number of nitrogens with zero attached hydrogens (tertiary/aromatic N) is 2. The molecule has 2 saturated heterocycles. The van der Waals surface area contributed by atoms with E-state index in [-0.39, 0.29) is 16.8 Å². The van der Waals surface area contributed by atoms with Gasteiger partial charge in [0.15, 0.2) is 0 Å². The first-order chi connectivity index (χ1) is 12.5. The van der Waals surface area contributed by atoms with Crippen LogP contribution in [0.1, 0.15) is 33.7 Å². The van der Waals surface area contributed by atoms with E-state index in [1.165, 1.54) is 5.56 Å². The minimum absolute atomic E-state index is 0.143. The van der Waals surface area contributed by atoms with Gasteiger partial charge in [0, 0.05) is 30.1 Å². The van der Waals surface area contributed by atoms with Crippen molar-refractivity contribution in [3.05, 3.63) is 65.0 Å². The second kappa shape index (κ2) is 7.05. The zero-order valence-electron chi connectivity index (χ0n) is 15.3. The Bertz CT molecular complexity index is 800. The molecule has 4 rings (SSSR count). The maximum Gasteiger partial charge on any atom is 0.253 e. The number of hydrogen-bond donors (Lipinski definition) is 0. The number of aromatic nitrogens is 1. The van der Waals surface area contributed by atoms with Crippen molar-refractivity contribution in [3.63, 3.8) is 0 Å². The average Bonchev–Trinajstić information content (AvgIpc) is 3.04. The van der Waals surface area contributed by atoms with Crippen LogP contribution in [0, 0.1) is 13.8 Å². The molecular formula is C21H24N2O2S. The third-order valence-corrected chi connectivity index (χ3v) is 6.71. The topological polar surface area (TPSA) is 42.4 Å². The van der Waals surface area contributed by atoms with Crippen LogP contribution in [-0.2, 0) is 11.3 Å². The number of amides is 1. The summed E-state index contributed by atoms with van der Waals surface area (Å²) in [4.78, 5) is 19.0. The second-order valence-corrected chi connectivity index (χ2v) is 8.92. The van der Waals surface area contributed by atoms with Crippen molar-refractivity contribution in [1.82, 2.24) is 9.88 Å². The summed E-state index contributed by atoms with van der Waals surface area (Å²) in [5.41, 5.74) is 3.97. The van der Waals surface area contributed by atoms with Gasteiger partial charge in [-0.3, -0.25) is 9.78 Å². The number of likely N-dealkylation sites (tertiary alicyclic amines) is 1. The predicted octanol–water partition coefficient (Wildman–Crippen LogP) is 3.62. The first-order valence-electron chi connectivity index (χ1n) is 9.07. The maximum atomic E-state index is 12.6. The number of thioether (sulfide) groups is 1. The molecule has 1 aromatic heterocycles. The number of hydrogen-bond acceptors (Lipinski definition) is 4. The predicted molar refractivity (Wildman–Crippen MR) is 104 cm³/mol. The van der Waals surface area contributed by atoms with Crippen LogP contribution in [0.3, 0.4) is 0 Å². The van der Waals surface area contributed by atoms with Crippen molar-refractivity contribution >= 4 is 17.7 Å². The number of carbonyl (C=O) groups is 1. The van der Waals surface area contributed by atoms with Gasteiger partial charge in [-0.25, -0.2) is 0 Å². The van der Waals surface area contributed by atoms with Crippen LogP contribution in [0.4, 0.5) is 0 Å². The normalized spacial score (nSPS) is 21.0. The van der Waals surface area contributed by atoms with E-state index in [1.54, 1.807) is 0 Å². The summed E-state index contributed by atoms with van der Waals surface area (Å²) < 4.78 is 6.27. The lowest BCUT2D eigenvalue weighted by Gasteiger charge is -2.47. The van der Waals surface area contributed by atoms with Crippen molar-refractivity contribution in [3.8, 4) is 0 Å². The Morgan fingerprint density at radius 1 is 1.23 bits per heavy atom. The lowest BCUT2D eigenvalue weighted by Crippen LogP contribution is -2.60. The van der Waals surface area contributed by atoms with Crippen molar-refractivity contribution in [2.24, 2.45) is 0 Å². The summed E-state index contributed by atoms with van der Waals surface area (Å²) >= 11 is 1.96. The van der Waals surface area contributed by atoms with Crippen molar-refractivity contribution in [2.45, 2.75) is 37.7 Å². The van der Waals surface area contributed by atoms with Gasteiger partial charge < -0.3 is 9.64 Å². The van der Waals surface area contributed by atoms with Gasteiger partial charge in [-0.05, 0) is 44.5 Å². The van der Waals surface area contributed by atoms with Crippen LogP contribution in [0.25, 0.3) is 0 Å². The number of ether oxygens (including phenoxy) is 1. The van der Waals surface area contributed by atoms with E-state index in [4.69, 9.17) is 4.74 Å². The first kappa shape index (κ1) is 17.6. The number of rotatable bonds is 4. The van der Waals surface area contributed by atoms with Crippen molar-refractivity contribution in [2.75, 3.05) is 18.8 Å². The Kier molecular flexibility index (Phi) is 4.76. The molecule has 3 heterocycles. The zero-order valence-corrected chi connectivity index (χ0v) is 16.1. The number of aryl methyl sites for hydroxylation is 2. The molecule has 0 aliphatic carbocycles. The van der Waals surface area contributed by atoms with Gasteiger partial charge in [0.1, 0.15) is 0 Å². The van der Waals surface area contributed by atoms with Crippen LogP contribution in [0.2, 0.25) is 0 Å². The zero-order chi connectivity index (χ0) is 18.1. The lowest BCUT2D eigenvalue weighted by atomic mass is 9.92. The molecule has 2 aliphatic rings. The third-order valence-electron chi connectivity index (χ3n) is 5.13. The highest BCUT2D eigenvalue weighted by Gasteiger charge is 2.50. The molecule has 136 valence electrons. The van der Waals surface area contributed by atoms with Crippen LogP contribution in [-0.4, -0.2) is 45.5 Å². The number of carbonyl (C=O) groups excluding carboxylic acids is 1. The van der Waals surface area contributed by atoms with Crippen LogP contribution in [0.15, 0.2) is 42.5 Å². The highest BCUT2D eigenvalue weighted by molar-refractivity contribution is 8.01. The van der Waals surface area contributed by atoms with E-state index in [0.717, 1.165) is 42.2 Å². The molecule has 2 aromatic rings. The van der Waals surface area contributed by atoms with Gasteiger partial charge in [0.25, 0.3) is 5.91 Å². The van der Waals surface area contributed by atoms with E-state index in [9.17, 15) is 4.79 Å². The molecule has 1 atom stereocenters. The molecule has 1 aromatic carbocycles. The Hall–Kier alpha value is -1.85. The summed E-state index contributed by atoms with van der Waals surface area (Å²) in [6.45, 7) is 6.25. The van der Waals surface area contributed by atoms with Crippen molar-refractivity contribution < 1.29 is 9.53 Å². The van der Waals surface area contributed by atoms with Crippen molar-refractivity contribution in [1.29, 1.82) is 0 Å². The van der Waals surface area contributed by atoms with Gasteiger partial charge in [-0.1, -0.05) is 23.8 Å². The van der Waals surface area contributed by atoms with E-state index in [1.807, 2.05) is 73.0 Å². The van der Waals surface area contributed by atoms with E-state index in [2.05, 4.69) is 4.98 Å². The molecule has 0 bridgehead atoms. The fraction of sp³-hybridized carbons (Fsp3) is 0.429. The molecule has 2 fully saturated rings. The summed E-state index contributed by atoms with van der Waals surface area (Å²) in [7, 11) is 0. The monoisotopic (exact) mass is 368 g/mol. The van der Waals surface area contributed by atoms with Gasteiger partial charge >= 0.3 is 0 Å². The third kappa shape index (κ3) is 3.64. The average molecular weight is 369 g/mol. The molecule has 0 unspecified atom stereocenters. The summed E-state index contributed by atoms with van der Waals surface area (Å²) in [6.07, 6.45) is 1.26. The number of pyridine rings is 1. The quantitative estimate of drug-likeness (QED) is 0.827. The van der Waals surface area contributed by atoms with E-state index < -0.39 is 0 Å². The maximum absolute atomic E-state index is 12.6. The fourth-order valence-corrected chi connectivity index (χ4v) is 5.24. The van der Waals surface area contributed by atoms with Crippen LogP contribution in [0.5, 0.6) is 0 Å². The van der Waals surface area contributed by atoms with Gasteiger partial charge in [0.2, 0.25) is 0 Å². The van der Waals surface area contributed by atoms with Gasteiger partial charge in [-0.2, -0.15) is 0 Å². The fourth-order valence-electron chi connectivity index (χ4n) is 3.68. The highest BCUT2D eigenvalue weighted by Crippen LogP contribution is 2.46. The lowest BCUT2D eigenvalue weighted by molar-refractivity contribution is 0.0245. The molecule has 26 heavy (non-hydrogen) atoms. The molecule has 2 aliphatic heterocycles. The molecule has 0 N–H and O–H groups in total. The van der Waals surface area contributed by atoms with Gasteiger partial charge in [0.05, 0.1) is 23.2 Å². The Morgan fingerprint density at radius 2 is 2.00 bits per heavy atom. The summed E-state index contributed by atoms with van der Waals surface area (Å²) in [5.74, 6) is 1.14. The first-order valence-corrected chi connectivity index (χ1v) is 10.1. The molecule has 5 heteroatoms. The molecule has 4 nitrogen and oxygen atoms in total. The Labute approximate surface area is 159 Å². The number of benzene rings is 1. The largest absolute Gasteiger partial charge is 0.371 e. The molecule has 1 spiro atoms. The highest BCUT2D eigenvalue weighted by atomic mass is 32.2. The minimum atomic E-state index is 0.143. The van der Waals surface area contributed by atoms with E-state index in [0.29, 0.717) is 6.61 Å². The molecule has 1 amide bonds. The molecular weight excluding hydrogens is 344 g/mol. The van der Waals surface area contributed by atoms with Crippen LogP contribution < -0.4 is 0 Å².